The largest absolute Gasteiger partial charge is 0.378 e. The van der Waals surface area contributed by atoms with E-state index >= 15 is 0 Å². The van der Waals surface area contributed by atoms with Crippen molar-refractivity contribution in [2.75, 3.05) is 31.6 Å². The molecule has 1 aliphatic heterocycles. The summed E-state index contributed by atoms with van der Waals surface area (Å²) in [5.41, 5.74) is 0.996. The van der Waals surface area contributed by atoms with Crippen LogP contribution in [0.5, 0.6) is 0 Å². The molecule has 2 fully saturated rings. The number of amides is 1. The molecule has 0 unspecified atom stereocenters. The fourth-order valence-electron chi connectivity index (χ4n) is 2.66. The molecule has 25 heavy (non-hydrogen) atoms. The molecular formula is C17H20N4O2S2. The van der Waals surface area contributed by atoms with E-state index < -0.39 is 0 Å². The zero-order valence-corrected chi connectivity index (χ0v) is 15.4. The van der Waals surface area contributed by atoms with Gasteiger partial charge in [-0.2, -0.15) is 0 Å². The van der Waals surface area contributed by atoms with Gasteiger partial charge in [0.05, 0.1) is 13.2 Å². The van der Waals surface area contributed by atoms with Crippen LogP contribution in [0.4, 0.5) is 5.13 Å². The number of nitrogens with zero attached hydrogens (tertiary/aromatic N) is 3. The second kappa shape index (κ2) is 7.72. The van der Waals surface area contributed by atoms with Crippen LogP contribution in [-0.4, -0.2) is 53.3 Å². The molecule has 1 saturated heterocycles. The summed E-state index contributed by atoms with van der Waals surface area (Å²) in [5, 5.41) is 12.4. The Bertz CT molecular complexity index is 714. The lowest BCUT2D eigenvalue weighted by molar-refractivity contribution is -0.134. The average molecular weight is 377 g/mol. The number of nitrogens with one attached hydrogen (secondary N) is 1. The first-order chi connectivity index (χ1) is 12.3. The first-order valence-electron chi connectivity index (χ1n) is 8.48. The van der Waals surface area contributed by atoms with Crippen LogP contribution in [0.1, 0.15) is 23.7 Å². The minimum atomic E-state index is -0.305. The molecule has 0 radical (unpaired) electrons. The third-order valence-corrected chi connectivity index (χ3v) is 6.36. The number of ether oxygens (including phenoxy) is 1. The Kier molecular flexibility index (Phi) is 5.19. The van der Waals surface area contributed by atoms with Crippen LogP contribution in [0.2, 0.25) is 0 Å². The van der Waals surface area contributed by atoms with Crippen molar-refractivity contribution in [1.29, 1.82) is 0 Å². The molecule has 0 spiro atoms. The number of rotatable bonds is 6. The van der Waals surface area contributed by atoms with E-state index in [0.29, 0.717) is 32.3 Å². The smallest absolute Gasteiger partial charge is 0.240 e. The average Bonchev–Trinajstić information content (AvgIpc) is 3.37. The lowest BCUT2D eigenvalue weighted by Gasteiger charge is -2.30. The van der Waals surface area contributed by atoms with Crippen LogP contribution in [-0.2, 0) is 9.53 Å². The lowest BCUT2D eigenvalue weighted by Crippen LogP contribution is -2.42. The van der Waals surface area contributed by atoms with Gasteiger partial charge in [-0.25, -0.2) is 0 Å². The molecule has 2 aliphatic rings. The number of thioether (sulfide) groups is 1. The summed E-state index contributed by atoms with van der Waals surface area (Å²) in [6.45, 7) is 2.50. The van der Waals surface area contributed by atoms with E-state index in [1.165, 1.54) is 35.9 Å². The van der Waals surface area contributed by atoms with E-state index in [-0.39, 0.29) is 11.2 Å². The summed E-state index contributed by atoms with van der Waals surface area (Å²) in [6, 6.07) is 10.4. The SMILES string of the molecule is O=C([C@@H](Sc1nnc(NC2CC2)s1)c1ccccc1)N1CCOCC1. The van der Waals surface area contributed by atoms with Crippen molar-refractivity contribution < 1.29 is 9.53 Å². The monoisotopic (exact) mass is 376 g/mol. The van der Waals surface area contributed by atoms with Crippen molar-refractivity contribution in [3.63, 3.8) is 0 Å². The van der Waals surface area contributed by atoms with Gasteiger partial charge in [0.1, 0.15) is 5.25 Å². The number of morpholine rings is 1. The summed E-state index contributed by atoms with van der Waals surface area (Å²) in [4.78, 5) is 15.0. The van der Waals surface area contributed by atoms with Gasteiger partial charge in [-0.15, -0.1) is 10.2 Å². The third-order valence-electron chi connectivity index (χ3n) is 4.18. The zero-order chi connectivity index (χ0) is 17.1. The van der Waals surface area contributed by atoms with Crippen molar-refractivity contribution >= 4 is 34.1 Å². The summed E-state index contributed by atoms with van der Waals surface area (Å²) in [5.74, 6) is 0.117. The Labute approximate surface area is 155 Å². The molecule has 1 N–H and O–H groups in total. The van der Waals surface area contributed by atoms with Crippen molar-refractivity contribution in [2.45, 2.75) is 28.5 Å². The molecule has 1 atom stereocenters. The molecule has 1 saturated carbocycles. The van der Waals surface area contributed by atoms with Crippen LogP contribution < -0.4 is 5.32 Å². The predicted octanol–water partition coefficient (Wildman–Crippen LogP) is 2.80. The Morgan fingerprint density at radius 2 is 2.00 bits per heavy atom. The molecule has 1 aliphatic carbocycles. The van der Waals surface area contributed by atoms with Crippen LogP contribution in [0.25, 0.3) is 0 Å². The molecule has 1 amide bonds. The van der Waals surface area contributed by atoms with Crippen molar-refractivity contribution in [1.82, 2.24) is 15.1 Å². The Hall–Kier alpha value is -1.64. The van der Waals surface area contributed by atoms with Gasteiger partial charge < -0.3 is 15.0 Å². The van der Waals surface area contributed by atoms with Crippen LogP contribution in [0, 0.1) is 0 Å². The van der Waals surface area contributed by atoms with Gasteiger partial charge in [0.15, 0.2) is 4.34 Å². The maximum absolute atomic E-state index is 13.1. The van der Waals surface area contributed by atoms with Crippen LogP contribution >= 0.6 is 23.1 Å². The molecule has 1 aromatic heterocycles. The second-order valence-electron chi connectivity index (χ2n) is 6.14. The molecular weight excluding hydrogens is 356 g/mol. The molecule has 2 heterocycles. The maximum Gasteiger partial charge on any atom is 0.240 e. The fraction of sp³-hybridized carbons (Fsp3) is 0.471. The minimum absolute atomic E-state index is 0.117. The molecule has 0 bridgehead atoms. The Morgan fingerprint density at radius 1 is 1.24 bits per heavy atom. The number of hydrogen-bond acceptors (Lipinski definition) is 7. The maximum atomic E-state index is 13.1. The molecule has 8 heteroatoms. The number of carbonyl (C=O) groups is 1. The van der Waals surface area contributed by atoms with Gasteiger partial charge in [-0.05, 0) is 18.4 Å². The number of aromatic nitrogens is 2. The molecule has 1 aromatic carbocycles. The molecule has 4 rings (SSSR count). The summed E-state index contributed by atoms with van der Waals surface area (Å²) < 4.78 is 6.19. The summed E-state index contributed by atoms with van der Waals surface area (Å²) in [7, 11) is 0. The van der Waals surface area contributed by atoms with Gasteiger partial charge in [-0.1, -0.05) is 53.4 Å². The summed E-state index contributed by atoms with van der Waals surface area (Å²) in [6.07, 6.45) is 2.40. The predicted molar refractivity (Wildman–Crippen MR) is 99.0 cm³/mol. The van der Waals surface area contributed by atoms with E-state index in [9.17, 15) is 4.79 Å². The van der Waals surface area contributed by atoms with Crippen molar-refractivity contribution in [2.24, 2.45) is 0 Å². The quantitative estimate of drug-likeness (QED) is 0.782. The standard InChI is InChI=1S/C17H20N4O2S2/c22-15(21-8-10-23-11-9-21)14(12-4-2-1-3-5-12)24-17-20-19-16(25-17)18-13-6-7-13/h1-5,13-14H,6-11H2,(H,18,19)/t14-/m0/s1. The van der Waals surface area contributed by atoms with Crippen molar-refractivity contribution in [3.05, 3.63) is 35.9 Å². The first kappa shape index (κ1) is 16.8. The highest BCUT2D eigenvalue weighted by Gasteiger charge is 2.30. The summed E-state index contributed by atoms with van der Waals surface area (Å²) >= 11 is 3.01. The first-order valence-corrected chi connectivity index (χ1v) is 10.2. The molecule has 2 aromatic rings. The lowest BCUT2D eigenvalue weighted by atomic mass is 10.1. The van der Waals surface area contributed by atoms with Crippen molar-refractivity contribution in [3.8, 4) is 0 Å². The van der Waals surface area contributed by atoms with Gasteiger partial charge >= 0.3 is 0 Å². The van der Waals surface area contributed by atoms with E-state index in [4.69, 9.17) is 4.74 Å². The third kappa shape index (κ3) is 4.31. The van der Waals surface area contributed by atoms with Gasteiger partial charge in [0, 0.05) is 19.1 Å². The number of anilines is 1. The number of carbonyl (C=O) groups excluding carboxylic acids is 1. The fourth-order valence-corrected chi connectivity index (χ4v) is 4.76. The van der Waals surface area contributed by atoms with E-state index in [0.717, 1.165) is 15.0 Å². The van der Waals surface area contributed by atoms with Crippen LogP contribution in [0.3, 0.4) is 0 Å². The van der Waals surface area contributed by atoms with E-state index in [2.05, 4.69) is 15.5 Å². The normalized spacial score (nSPS) is 18.8. The highest BCUT2D eigenvalue weighted by Crippen LogP contribution is 2.39. The Balaban J connectivity index is 1.52. The van der Waals surface area contributed by atoms with Crippen LogP contribution in [0.15, 0.2) is 34.7 Å². The highest BCUT2D eigenvalue weighted by molar-refractivity contribution is 8.01. The zero-order valence-electron chi connectivity index (χ0n) is 13.8. The van der Waals surface area contributed by atoms with Gasteiger partial charge in [-0.3, -0.25) is 4.79 Å². The van der Waals surface area contributed by atoms with E-state index in [1.807, 2.05) is 35.2 Å². The topological polar surface area (TPSA) is 67.4 Å². The van der Waals surface area contributed by atoms with Gasteiger partial charge in [0.25, 0.3) is 0 Å². The minimum Gasteiger partial charge on any atom is -0.378 e. The Morgan fingerprint density at radius 3 is 2.72 bits per heavy atom. The van der Waals surface area contributed by atoms with E-state index in [1.54, 1.807) is 0 Å². The molecule has 132 valence electrons. The number of benzene rings is 1. The second-order valence-corrected chi connectivity index (χ2v) is 8.47. The molecule has 6 nitrogen and oxygen atoms in total. The number of hydrogen-bond donors (Lipinski definition) is 1. The highest BCUT2D eigenvalue weighted by atomic mass is 32.2. The van der Waals surface area contributed by atoms with Gasteiger partial charge in [0.2, 0.25) is 11.0 Å².